The van der Waals surface area contributed by atoms with E-state index in [0.29, 0.717) is 5.82 Å². The largest absolute Gasteiger partial charge is 0.246 e. The lowest BCUT2D eigenvalue weighted by Crippen LogP contribution is -1.99. The number of hydrogen-bond acceptors (Lipinski definition) is 4. The van der Waals surface area contributed by atoms with Crippen LogP contribution in [0.1, 0.15) is 0 Å². The summed E-state index contributed by atoms with van der Waals surface area (Å²) in [5.41, 5.74) is 5.72. The van der Waals surface area contributed by atoms with Crippen LogP contribution in [0, 0.1) is 0 Å². The third-order valence-electron chi connectivity index (χ3n) is 8.31. The Hall–Kier alpha value is -5.45. The highest BCUT2D eigenvalue weighted by molar-refractivity contribution is 7.27. The van der Waals surface area contributed by atoms with Crippen molar-refractivity contribution in [2.45, 2.75) is 0 Å². The fraction of sp³-hybridized carbons (Fsp3) is 0. The Morgan fingerprint density at radius 3 is 1.77 bits per heavy atom. The number of aromatic nitrogens is 3. The van der Waals surface area contributed by atoms with Crippen LogP contribution >= 0.6 is 11.3 Å². The lowest BCUT2D eigenvalue weighted by atomic mass is 9.94. The van der Waals surface area contributed by atoms with Crippen LogP contribution in [0.3, 0.4) is 0 Å². The second-order valence-corrected chi connectivity index (χ2v) is 11.8. The molecule has 9 aromatic rings. The maximum Gasteiger partial charge on any atom is 0.159 e. The number of hydrogen-bond donors (Lipinski definition) is 0. The lowest BCUT2D eigenvalue weighted by Gasteiger charge is -2.16. The standard InChI is InChI=1S/C39H23N3S/c1-3-13-24(14-4-1)35-31(23-40-39(42-35)25-15-5-2-6-16-25)36-28-19-9-8-18-27(28)34-37(41-36)29-20-10-7-17-26(29)33-30-21-11-12-22-32(30)43-38(33)34/h1-23H. The smallest absolute Gasteiger partial charge is 0.159 e. The van der Waals surface area contributed by atoms with Gasteiger partial charge >= 0.3 is 0 Å². The van der Waals surface area contributed by atoms with Crippen LogP contribution in [0.5, 0.6) is 0 Å². The lowest BCUT2D eigenvalue weighted by molar-refractivity contribution is 1.18. The average molecular weight is 566 g/mol. The summed E-state index contributed by atoms with van der Waals surface area (Å²) in [6.45, 7) is 0. The first-order valence-electron chi connectivity index (χ1n) is 14.4. The molecule has 6 aromatic carbocycles. The Bertz CT molecular complexity index is 2500. The van der Waals surface area contributed by atoms with E-state index in [1.807, 2.05) is 41.8 Å². The first-order valence-corrected chi connectivity index (χ1v) is 15.2. The Kier molecular flexibility index (Phi) is 5.37. The average Bonchev–Trinajstić information content (AvgIpc) is 3.48. The van der Waals surface area contributed by atoms with Gasteiger partial charge in [0.25, 0.3) is 0 Å². The molecule has 0 radical (unpaired) electrons. The second-order valence-electron chi connectivity index (χ2n) is 10.8. The Morgan fingerprint density at radius 1 is 0.442 bits per heavy atom. The van der Waals surface area contributed by atoms with Gasteiger partial charge in [-0.3, -0.25) is 0 Å². The summed E-state index contributed by atoms with van der Waals surface area (Å²) in [7, 11) is 0. The van der Waals surface area contributed by atoms with E-state index in [2.05, 4.69) is 109 Å². The fourth-order valence-electron chi connectivity index (χ4n) is 6.39. The van der Waals surface area contributed by atoms with Gasteiger partial charge in [0.05, 0.1) is 16.9 Å². The van der Waals surface area contributed by atoms with Crippen molar-refractivity contribution < 1.29 is 0 Å². The van der Waals surface area contributed by atoms with Crippen molar-refractivity contribution in [3.05, 3.63) is 140 Å². The molecule has 9 rings (SSSR count). The van der Waals surface area contributed by atoms with Gasteiger partial charge in [0, 0.05) is 59.2 Å². The van der Waals surface area contributed by atoms with E-state index < -0.39 is 0 Å². The molecule has 0 saturated heterocycles. The summed E-state index contributed by atoms with van der Waals surface area (Å²) >= 11 is 1.86. The van der Waals surface area contributed by atoms with Crippen molar-refractivity contribution in [1.82, 2.24) is 15.0 Å². The molecule has 0 spiro atoms. The van der Waals surface area contributed by atoms with Gasteiger partial charge in [-0.1, -0.05) is 127 Å². The quantitative estimate of drug-likeness (QED) is 0.200. The van der Waals surface area contributed by atoms with Crippen LogP contribution in [0.4, 0.5) is 0 Å². The fourth-order valence-corrected chi connectivity index (χ4v) is 7.66. The van der Waals surface area contributed by atoms with E-state index in [9.17, 15) is 0 Å². The van der Waals surface area contributed by atoms with Crippen molar-refractivity contribution in [2.24, 2.45) is 0 Å². The van der Waals surface area contributed by atoms with Crippen LogP contribution in [0.2, 0.25) is 0 Å². The zero-order chi connectivity index (χ0) is 28.3. The third-order valence-corrected chi connectivity index (χ3v) is 9.50. The van der Waals surface area contributed by atoms with Crippen molar-refractivity contribution in [1.29, 1.82) is 0 Å². The molecule has 0 aliphatic heterocycles. The van der Waals surface area contributed by atoms with Gasteiger partial charge in [-0.05, 0) is 16.8 Å². The molecule has 0 atom stereocenters. The summed E-state index contributed by atoms with van der Waals surface area (Å²) in [5.74, 6) is 0.700. The molecule has 3 nitrogen and oxygen atoms in total. The molecule has 3 heterocycles. The molecule has 0 saturated carbocycles. The summed E-state index contributed by atoms with van der Waals surface area (Å²) < 4.78 is 2.57. The van der Waals surface area contributed by atoms with Gasteiger partial charge in [-0.15, -0.1) is 11.3 Å². The molecule has 0 unspecified atom stereocenters. The summed E-state index contributed by atoms with van der Waals surface area (Å²) in [4.78, 5) is 15.6. The monoisotopic (exact) mass is 565 g/mol. The van der Waals surface area contributed by atoms with Crippen LogP contribution in [-0.2, 0) is 0 Å². The zero-order valence-corrected chi connectivity index (χ0v) is 23.8. The van der Waals surface area contributed by atoms with Gasteiger partial charge in [-0.25, -0.2) is 15.0 Å². The molecule has 0 bridgehead atoms. The minimum atomic E-state index is 0.700. The number of pyridine rings is 1. The Morgan fingerprint density at radius 2 is 1.02 bits per heavy atom. The van der Waals surface area contributed by atoms with E-state index >= 15 is 0 Å². The molecule has 0 N–H and O–H groups in total. The van der Waals surface area contributed by atoms with E-state index in [1.54, 1.807) is 0 Å². The molecule has 200 valence electrons. The molecule has 0 amide bonds. The topological polar surface area (TPSA) is 38.7 Å². The van der Waals surface area contributed by atoms with E-state index in [1.165, 1.54) is 36.3 Å². The molecule has 4 heteroatoms. The summed E-state index contributed by atoms with van der Waals surface area (Å²) in [6.07, 6.45) is 1.96. The molecule has 43 heavy (non-hydrogen) atoms. The van der Waals surface area contributed by atoms with E-state index in [4.69, 9.17) is 15.0 Å². The molecule has 0 aliphatic rings. The molecule has 3 aromatic heterocycles. The zero-order valence-electron chi connectivity index (χ0n) is 23.0. The maximum atomic E-state index is 5.54. The van der Waals surface area contributed by atoms with Crippen molar-refractivity contribution in [3.8, 4) is 33.9 Å². The Labute approximate surface area is 251 Å². The number of benzene rings is 6. The maximum absolute atomic E-state index is 5.54. The minimum Gasteiger partial charge on any atom is -0.246 e. The van der Waals surface area contributed by atoms with E-state index in [0.717, 1.165) is 44.4 Å². The van der Waals surface area contributed by atoms with E-state index in [-0.39, 0.29) is 0 Å². The van der Waals surface area contributed by atoms with Gasteiger partial charge in [0.2, 0.25) is 0 Å². The van der Waals surface area contributed by atoms with Crippen molar-refractivity contribution in [3.63, 3.8) is 0 Å². The van der Waals surface area contributed by atoms with Gasteiger partial charge in [0.15, 0.2) is 5.82 Å². The predicted molar refractivity (Wildman–Crippen MR) is 182 cm³/mol. The SMILES string of the molecule is c1ccc(-c2ncc(-c3nc4c5ccccc5c5c6ccccc6sc5c4c4ccccc34)c(-c3ccccc3)n2)cc1. The number of rotatable bonds is 3. The van der Waals surface area contributed by atoms with Crippen molar-refractivity contribution >= 4 is 64.0 Å². The van der Waals surface area contributed by atoms with Gasteiger partial charge in [0.1, 0.15) is 0 Å². The Balaban J connectivity index is 1.44. The third kappa shape index (κ3) is 3.70. The number of thiophene rings is 1. The highest BCUT2D eigenvalue weighted by Gasteiger charge is 2.21. The predicted octanol–water partition coefficient (Wildman–Crippen LogP) is 10.7. The number of fused-ring (bicyclic) bond motifs is 10. The summed E-state index contributed by atoms with van der Waals surface area (Å²) in [6, 6.07) is 46.6. The normalized spacial score (nSPS) is 11.7. The number of nitrogens with zero attached hydrogens (tertiary/aromatic N) is 3. The first-order chi connectivity index (χ1) is 21.3. The van der Waals surface area contributed by atoms with Crippen LogP contribution < -0.4 is 0 Å². The van der Waals surface area contributed by atoms with Crippen LogP contribution in [0.15, 0.2) is 140 Å². The minimum absolute atomic E-state index is 0.700. The highest BCUT2D eigenvalue weighted by Crippen LogP contribution is 2.47. The van der Waals surface area contributed by atoms with Crippen LogP contribution in [0.25, 0.3) is 86.5 Å². The van der Waals surface area contributed by atoms with Crippen LogP contribution in [-0.4, -0.2) is 15.0 Å². The van der Waals surface area contributed by atoms with Gasteiger partial charge in [-0.2, -0.15) is 0 Å². The first kappa shape index (κ1) is 24.2. The van der Waals surface area contributed by atoms with Crippen molar-refractivity contribution in [2.75, 3.05) is 0 Å². The summed E-state index contributed by atoms with van der Waals surface area (Å²) in [5, 5.41) is 8.48. The van der Waals surface area contributed by atoms with Gasteiger partial charge < -0.3 is 0 Å². The second kappa shape index (κ2) is 9.55. The molecular weight excluding hydrogens is 543 g/mol. The molecule has 0 fully saturated rings. The molecule has 0 aliphatic carbocycles. The highest BCUT2D eigenvalue weighted by atomic mass is 32.1. The molecular formula is C39H23N3S.